The van der Waals surface area contributed by atoms with E-state index in [2.05, 4.69) is 10.6 Å². The van der Waals surface area contributed by atoms with Gasteiger partial charge in [-0.25, -0.2) is 4.79 Å². The first kappa shape index (κ1) is 17.4. The van der Waals surface area contributed by atoms with Crippen molar-refractivity contribution in [1.29, 1.82) is 0 Å². The highest BCUT2D eigenvalue weighted by molar-refractivity contribution is 8.01. The highest BCUT2D eigenvalue weighted by Gasteiger charge is 2.40. The van der Waals surface area contributed by atoms with Crippen molar-refractivity contribution in [3.05, 3.63) is 60.2 Å². The summed E-state index contributed by atoms with van der Waals surface area (Å²) in [6.45, 7) is 4.03. The quantitative estimate of drug-likeness (QED) is 0.878. The maximum absolute atomic E-state index is 12.6. The van der Waals surface area contributed by atoms with Crippen LogP contribution >= 0.6 is 11.8 Å². The van der Waals surface area contributed by atoms with E-state index in [9.17, 15) is 9.59 Å². The lowest BCUT2D eigenvalue weighted by molar-refractivity contribution is -0.118. The van der Waals surface area contributed by atoms with Gasteiger partial charge in [-0.3, -0.25) is 4.79 Å². The fourth-order valence-electron chi connectivity index (χ4n) is 2.64. The van der Waals surface area contributed by atoms with Gasteiger partial charge in [-0.05, 0) is 31.5 Å². The van der Waals surface area contributed by atoms with Gasteiger partial charge in [0.2, 0.25) is 5.91 Å². The largest absolute Gasteiger partial charge is 0.445 e. The lowest BCUT2D eigenvalue weighted by Gasteiger charge is -2.30. The molecule has 5 nitrogen and oxygen atoms in total. The molecule has 2 amide bonds. The zero-order valence-corrected chi connectivity index (χ0v) is 14.9. The molecule has 1 aliphatic rings. The highest BCUT2D eigenvalue weighted by Crippen LogP contribution is 2.41. The predicted molar refractivity (Wildman–Crippen MR) is 98.6 cm³/mol. The molecular weight excluding hydrogens is 336 g/mol. The van der Waals surface area contributed by atoms with Crippen LogP contribution in [0.15, 0.2) is 59.5 Å². The Bertz CT molecular complexity index is 777. The summed E-state index contributed by atoms with van der Waals surface area (Å²) in [5, 5.41) is 5.59. The van der Waals surface area contributed by atoms with Gasteiger partial charge in [-0.15, -0.1) is 11.8 Å². The van der Waals surface area contributed by atoms with Gasteiger partial charge in [0.25, 0.3) is 0 Å². The number of carbonyl (C=O) groups excluding carboxylic acids is 2. The standard InChI is InChI=1S/C19H20N2O3S/c1-19(2)16(17(22)20-14-10-6-7-11-15(14)25-19)21-18(23)24-12-13-8-4-3-5-9-13/h3-11,16H,12H2,1-2H3,(H,20,22)(H,21,23)/t16-/m1/s1. The molecule has 0 radical (unpaired) electrons. The number of hydrogen-bond donors (Lipinski definition) is 2. The molecule has 0 bridgehead atoms. The van der Waals surface area contributed by atoms with Gasteiger partial charge in [0.05, 0.1) is 5.69 Å². The highest BCUT2D eigenvalue weighted by atomic mass is 32.2. The predicted octanol–water partition coefficient (Wildman–Crippen LogP) is 3.80. The molecule has 1 aliphatic heterocycles. The van der Waals surface area contributed by atoms with Crippen molar-refractivity contribution < 1.29 is 14.3 Å². The molecule has 2 N–H and O–H groups in total. The summed E-state index contributed by atoms with van der Waals surface area (Å²) >= 11 is 1.55. The number of amides is 2. The third kappa shape index (κ3) is 4.14. The second kappa shape index (κ2) is 7.19. The Kier molecular flexibility index (Phi) is 4.99. The van der Waals surface area contributed by atoms with E-state index in [4.69, 9.17) is 4.74 Å². The van der Waals surface area contributed by atoms with Gasteiger partial charge in [0, 0.05) is 9.64 Å². The van der Waals surface area contributed by atoms with E-state index < -0.39 is 16.9 Å². The number of carbonyl (C=O) groups is 2. The van der Waals surface area contributed by atoms with Crippen LogP contribution in [-0.4, -0.2) is 22.8 Å². The molecule has 3 rings (SSSR count). The molecule has 2 aromatic rings. The van der Waals surface area contributed by atoms with E-state index in [1.807, 2.05) is 68.4 Å². The minimum atomic E-state index is -0.715. The van der Waals surface area contributed by atoms with Gasteiger partial charge in [0.1, 0.15) is 12.6 Å². The average Bonchev–Trinajstić information content (AvgIpc) is 2.68. The van der Waals surface area contributed by atoms with Gasteiger partial charge in [0.15, 0.2) is 0 Å². The van der Waals surface area contributed by atoms with E-state index in [0.29, 0.717) is 0 Å². The summed E-state index contributed by atoms with van der Waals surface area (Å²) < 4.78 is 4.73. The molecule has 0 fully saturated rings. The fourth-order valence-corrected chi connectivity index (χ4v) is 3.87. The van der Waals surface area contributed by atoms with Crippen LogP contribution in [0.4, 0.5) is 10.5 Å². The van der Waals surface area contributed by atoms with Crippen LogP contribution < -0.4 is 10.6 Å². The summed E-state index contributed by atoms with van der Waals surface area (Å²) in [5.41, 5.74) is 1.65. The van der Waals surface area contributed by atoms with Crippen molar-refractivity contribution in [2.45, 2.75) is 36.1 Å². The van der Waals surface area contributed by atoms with Crippen molar-refractivity contribution in [3.8, 4) is 0 Å². The molecular formula is C19H20N2O3S. The van der Waals surface area contributed by atoms with Crippen molar-refractivity contribution >= 4 is 29.4 Å². The van der Waals surface area contributed by atoms with Gasteiger partial charge >= 0.3 is 6.09 Å². The lowest BCUT2D eigenvalue weighted by atomic mass is 10.0. The van der Waals surface area contributed by atoms with Crippen LogP contribution in [-0.2, 0) is 16.1 Å². The number of nitrogens with one attached hydrogen (secondary N) is 2. The average molecular weight is 356 g/mol. The van der Waals surface area contributed by atoms with E-state index in [1.54, 1.807) is 11.8 Å². The smallest absolute Gasteiger partial charge is 0.408 e. The molecule has 1 heterocycles. The Morgan fingerprint density at radius 1 is 1.16 bits per heavy atom. The molecule has 130 valence electrons. The minimum Gasteiger partial charge on any atom is -0.445 e. The number of rotatable bonds is 3. The Morgan fingerprint density at radius 2 is 1.84 bits per heavy atom. The van der Waals surface area contributed by atoms with E-state index in [0.717, 1.165) is 16.1 Å². The molecule has 0 unspecified atom stereocenters. The molecule has 1 atom stereocenters. The Balaban J connectivity index is 1.68. The zero-order valence-electron chi connectivity index (χ0n) is 14.1. The van der Waals surface area contributed by atoms with Gasteiger partial charge in [-0.1, -0.05) is 42.5 Å². The molecule has 6 heteroatoms. The third-order valence-corrected chi connectivity index (χ3v) is 5.29. The number of hydrogen-bond acceptors (Lipinski definition) is 4. The normalized spacial score (nSPS) is 18.5. The third-order valence-electron chi connectivity index (χ3n) is 3.95. The Labute approximate surface area is 151 Å². The lowest BCUT2D eigenvalue weighted by Crippen LogP contribution is -2.53. The number of para-hydroxylation sites is 1. The number of anilines is 1. The first-order valence-corrected chi connectivity index (χ1v) is 8.83. The molecule has 2 aromatic carbocycles. The monoisotopic (exact) mass is 356 g/mol. The maximum atomic E-state index is 12.6. The van der Waals surface area contributed by atoms with E-state index >= 15 is 0 Å². The van der Waals surface area contributed by atoms with Crippen molar-refractivity contribution in [2.75, 3.05) is 5.32 Å². The minimum absolute atomic E-state index is 0.162. The topological polar surface area (TPSA) is 67.4 Å². The van der Waals surface area contributed by atoms with Crippen LogP contribution in [0, 0.1) is 0 Å². The van der Waals surface area contributed by atoms with Crippen LogP contribution in [0.1, 0.15) is 19.4 Å². The number of thioether (sulfide) groups is 1. The molecule has 0 aliphatic carbocycles. The molecule has 0 aromatic heterocycles. The molecule has 0 saturated carbocycles. The van der Waals surface area contributed by atoms with Crippen LogP contribution in [0.5, 0.6) is 0 Å². The summed E-state index contributed by atoms with van der Waals surface area (Å²) in [7, 11) is 0. The van der Waals surface area contributed by atoms with E-state index in [-0.39, 0.29) is 12.5 Å². The van der Waals surface area contributed by atoms with Crippen LogP contribution in [0.25, 0.3) is 0 Å². The summed E-state index contributed by atoms with van der Waals surface area (Å²) in [5.74, 6) is -0.251. The number of ether oxygens (including phenoxy) is 1. The Morgan fingerprint density at radius 3 is 2.60 bits per heavy atom. The van der Waals surface area contributed by atoms with Crippen LogP contribution in [0.3, 0.4) is 0 Å². The second-order valence-electron chi connectivity index (χ2n) is 6.33. The summed E-state index contributed by atoms with van der Waals surface area (Å²) in [4.78, 5) is 25.8. The summed E-state index contributed by atoms with van der Waals surface area (Å²) in [6, 6.07) is 16.3. The Hall–Kier alpha value is -2.47. The fraction of sp³-hybridized carbons (Fsp3) is 0.263. The maximum Gasteiger partial charge on any atom is 0.408 e. The number of benzene rings is 2. The molecule has 0 spiro atoms. The van der Waals surface area contributed by atoms with Crippen molar-refractivity contribution in [1.82, 2.24) is 5.32 Å². The van der Waals surface area contributed by atoms with Crippen LogP contribution in [0.2, 0.25) is 0 Å². The second-order valence-corrected chi connectivity index (χ2v) is 8.03. The first-order valence-electron chi connectivity index (χ1n) is 8.02. The van der Waals surface area contributed by atoms with E-state index in [1.165, 1.54) is 0 Å². The van der Waals surface area contributed by atoms with Crippen molar-refractivity contribution in [3.63, 3.8) is 0 Å². The number of fused-ring (bicyclic) bond motifs is 1. The number of alkyl carbamates (subject to hydrolysis) is 1. The summed E-state index contributed by atoms with van der Waals surface area (Å²) in [6.07, 6.45) is -0.608. The molecule has 0 saturated heterocycles. The van der Waals surface area contributed by atoms with Gasteiger partial charge in [-0.2, -0.15) is 0 Å². The molecule has 25 heavy (non-hydrogen) atoms. The SMILES string of the molecule is CC1(C)Sc2ccccc2NC(=O)[C@H]1NC(=O)OCc1ccccc1. The van der Waals surface area contributed by atoms with Gasteiger partial charge < -0.3 is 15.4 Å². The zero-order chi connectivity index (χ0) is 17.9. The first-order chi connectivity index (χ1) is 12.0. The van der Waals surface area contributed by atoms with Crippen molar-refractivity contribution in [2.24, 2.45) is 0 Å².